The largest absolute Gasteiger partial charge is 0.607 e. The Morgan fingerprint density at radius 3 is 1.54 bits per heavy atom. The van der Waals surface area contributed by atoms with Gasteiger partial charge in [-0.25, -0.2) is 0 Å². The third kappa shape index (κ3) is 10.8. The smallest absolute Gasteiger partial charge is 0.173 e. The van der Waals surface area contributed by atoms with Crippen LogP contribution in [0.25, 0.3) is 0 Å². The summed E-state index contributed by atoms with van der Waals surface area (Å²) in [7, 11) is 1.36. The molecule has 2 rings (SSSR count). The Labute approximate surface area is 238 Å². The summed E-state index contributed by atoms with van der Waals surface area (Å²) >= 11 is 0. The van der Waals surface area contributed by atoms with Crippen LogP contribution in [0.4, 0.5) is 0 Å². The summed E-state index contributed by atoms with van der Waals surface area (Å²) < 4.78 is 27.7. The first-order chi connectivity index (χ1) is 16.1. The van der Waals surface area contributed by atoms with Crippen molar-refractivity contribution in [2.75, 3.05) is 21.3 Å². The van der Waals surface area contributed by atoms with Gasteiger partial charge in [0.1, 0.15) is 0 Å². The molecule has 6 nitrogen and oxygen atoms in total. The summed E-state index contributed by atoms with van der Waals surface area (Å²) in [5, 5.41) is 0. The number of carbonyl (C=O) groups excluding carboxylic acids is 1. The van der Waals surface area contributed by atoms with Gasteiger partial charge in [-0.2, -0.15) is 0 Å². The molecule has 0 aliphatic heterocycles. The van der Waals surface area contributed by atoms with Gasteiger partial charge in [0.25, 0.3) is 0 Å². The van der Waals surface area contributed by atoms with E-state index in [1.54, 1.807) is 27.4 Å². The van der Waals surface area contributed by atoms with Gasteiger partial charge in [0.05, 0.1) is 27.1 Å². The van der Waals surface area contributed by atoms with E-state index in [9.17, 15) is 4.79 Å². The van der Waals surface area contributed by atoms with E-state index in [0.29, 0.717) is 11.5 Å². The zero-order valence-electron chi connectivity index (χ0n) is 22.2. The molecule has 0 unspecified atom stereocenters. The second kappa shape index (κ2) is 15.1. The first kappa shape index (κ1) is 31.8. The molecular formula is C26H39O6Si2Y-. The van der Waals surface area contributed by atoms with Crippen LogP contribution in [-0.2, 0) is 54.5 Å². The molecular weight excluding hydrogens is 553 g/mol. The molecule has 1 radical (unpaired) electrons. The molecule has 0 spiro atoms. The predicted octanol–water partition coefficient (Wildman–Crippen LogP) is 6.15. The molecule has 0 N–H and O–H groups in total. The van der Waals surface area contributed by atoms with Gasteiger partial charge in [0.2, 0.25) is 0 Å². The monoisotopic (exact) mass is 592 g/mol. The maximum atomic E-state index is 10.5. The third-order valence-electron chi connectivity index (χ3n) is 5.87. The molecule has 0 atom stereocenters. The van der Waals surface area contributed by atoms with Gasteiger partial charge >= 0.3 is 0 Å². The SMILES string of the molecule is COc1ccc(CCC[Si](C)(C)O[Si](C)(C)CCCc2ccc(O[C-]=O)c(OC)c2)cc1OC.[Y]. The molecule has 9 heteroatoms. The summed E-state index contributed by atoms with van der Waals surface area (Å²) in [6.45, 7) is 10.8. The zero-order valence-corrected chi connectivity index (χ0v) is 27.1. The van der Waals surface area contributed by atoms with Crippen LogP contribution in [0.5, 0.6) is 23.0 Å². The van der Waals surface area contributed by atoms with Crippen molar-refractivity contribution < 1.29 is 60.6 Å². The Balaban J connectivity index is 0.00000612. The molecule has 0 fully saturated rings. The molecule has 0 amide bonds. The number of benzene rings is 2. The average molecular weight is 593 g/mol. The quantitative estimate of drug-likeness (QED) is 0.183. The number of hydrogen-bond acceptors (Lipinski definition) is 6. The van der Waals surface area contributed by atoms with Gasteiger partial charge in [-0.1, -0.05) is 12.1 Å². The number of aryl methyl sites for hydroxylation is 2. The molecule has 0 heterocycles. The van der Waals surface area contributed by atoms with Crippen molar-refractivity contribution >= 4 is 23.1 Å². The van der Waals surface area contributed by atoms with Crippen molar-refractivity contribution in [1.82, 2.24) is 0 Å². The van der Waals surface area contributed by atoms with Crippen LogP contribution in [-0.4, -0.2) is 44.4 Å². The number of methoxy groups -OCH3 is 3. The summed E-state index contributed by atoms with van der Waals surface area (Å²) in [6.07, 6.45) is 4.10. The Hall–Kier alpha value is -1.19. The predicted molar refractivity (Wildman–Crippen MR) is 141 cm³/mol. The normalized spacial score (nSPS) is 11.4. The van der Waals surface area contributed by atoms with Gasteiger partial charge in [-0.15, -0.1) is 6.07 Å². The second-order valence-electron chi connectivity index (χ2n) is 9.69. The minimum Gasteiger partial charge on any atom is -0.607 e. The minimum absolute atomic E-state index is 0. The van der Waals surface area contributed by atoms with E-state index in [-0.39, 0.29) is 32.7 Å². The van der Waals surface area contributed by atoms with Gasteiger partial charge in [-0.3, -0.25) is 0 Å². The summed E-state index contributed by atoms with van der Waals surface area (Å²) in [5.74, 6) is 2.49. The molecule has 2 aromatic carbocycles. The topological polar surface area (TPSA) is 63.2 Å². The third-order valence-corrected chi connectivity index (χ3v) is 13.4. The fourth-order valence-corrected chi connectivity index (χ4v) is 13.2. The molecule has 0 aromatic heterocycles. The van der Waals surface area contributed by atoms with Crippen LogP contribution in [0.1, 0.15) is 24.0 Å². The summed E-state index contributed by atoms with van der Waals surface area (Å²) in [5.41, 5.74) is 2.42. The Kier molecular flexibility index (Phi) is 13.8. The van der Waals surface area contributed by atoms with Crippen molar-refractivity contribution in [3.8, 4) is 23.0 Å². The van der Waals surface area contributed by atoms with Crippen molar-refractivity contribution in [3.63, 3.8) is 0 Å². The first-order valence-electron chi connectivity index (χ1n) is 11.7. The van der Waals surface area contributed by atoms with Crippen LogP contribution in [0.3, 0.4) is 0 Å². The van der Waals surface area contributed by atoms with Crippen molar-refractivity contribution in [2.24, 2.45) is 0 Å². The molecule has 0 bridgehead atoms. The van der Waals surface area contributed by atoms with Gasteiger partial charge in [-0.05, 0) is 93.3 Å². The van der Waals surface area contributed by atoms with Crippen molar-refractivity contribution in [2.45, 2.75) is 64.0 Å². The molecule has 0 aliphatic rings. The van der Waals surface area contributed by atoms with E-state index in [2.05, 4.69) is 38.3 Å². The van der Waals surface area contributed by atoms with E-state index in [1.807, 2.05) is 18.2 Å². The average Bonchev–Trinajstić information content (AvgIpc) is 2.78. The number of hydrogen-bond donors (Lipinski definition) is 0. The van der Waals surface area contributed by atoms with E-state index >= 15 is 0 Å². The molecule has 0 aliphatic carbocycles. The first-order valence-corrected chi connectivity index (χ1v) is 18.0. The fraction of sp³-hybridized carbons (Fsp3) is 0.500. The molecule has 0 saturated heterocycles. The summed E-state index contributed by atoms with van der Waals surface area (Å²) in [6, 6.07) is 14.0. The van der Waals surface area contributed by atoms with Crippen LogP contribution in [0.2, 0.25) is 38.3 Å². The van der Waals surface area contributed by atoms with Crippen molar-refractivity contribution in [3.05, 3.63) is 47.5 Å². The van der Waals surface area contributed by atoms with Gasteiger partial charge in [0, 0.05) is 38.5 Å². The van der Waals surface area contributed by atoms with E-state index in [4.69, 9.17) is 23.1 Å². The van der Waals surface area contributed by atoms with Gasteiger partial charge < -0.3 is 27.9 Å². The molecule has 2 aromatic rings. The maximum absolute atomic E-state index is 10.5. The van der Waals surface area contributed by atoms with E-state index < -0.39 is 16.6 Å². The Bertz CT molecular complexity index is 936. The molecule has 35 heavy (non-hydrogen) atoms. The zero-order chi connectivity index (χ0) is 25.2. The standard InChI is InChI=1S/C26H39O6Si2.Y/c1-28-23-14-12-21(18-25(23)29-2)10-8-16-33(4,5)32-34(6,7)17-9-11-22-13-15-24(31-20-27)26(19-22)30-3;/h12-15,18-19H,8-11,16-17H2,1-7H3;/q-1;. The van der Waals surface area contributed by atoms with E-state index in [0.717, 1.165) is 54.8 Å². The molecule has 0 saturated carbocycles. The maximum Gasteiger partial charge on any atom is 0.173 e. The second-order valence-corrected chi connectivity index (χ2v) is 18.5. The van der Waals surface area contributed by atoms with Crippen LogP contribution < -0.4 is 18.9 Å². The fourth-order valence-electron chi connectivity index (χ4n) is 4.32. The minimum atomic E-state index is -1.78. The molecule has 191 valence electrons. The number of rotatable bonds is 15. The van der Waals surface area contributed by atoms with E-state index in [1.165, 1.54) is 12.0 Å². The van der Waals surface area contributed by atoms with Crippen LogP contribution >= 0.6 is 0 Å². The Morgan fingerprint density at radius 1 is 0.686 bits per heavy atom. The van der Waals surface area contributed by atoms with Crippen molar-refractivity contribution in [1.29, 1.82) is 0 Å². The summed E-state index contributed by atoms with van der Waals surface area (Å²) in [4.78, 5) is 10.5. The number of ether oxygens (including phenoxy) is 4. The van der Waals surface area contributed by atoms with Gasteiger partial charge in [0.15, 0.2) is 34.6 Å². The van der Waals surface area contributed by atoms with Crippen LogP contribution in [0.15, 0.2) is 36.4 Å². The van der Waals surface area contributed by atoms with Crippen LogP contribution in [0, 0.1) is 0 Å². The Morgan fingerprint density at radius 2 is 1.11 bits per heavy atom.